The second-order valence-electron chi connectivity index (χ2n) is 5.19. The molecule has 1 aliphatic heterocycles. The second kappa shape index (κ2) is 6.58. The predicted octanol–water partition coefficient (Wildman–Crippen LogP) is 2.34. The predicted molar refractivity (Wildman–Crippen MR) is 86.4 cm³/mol. The van der Waals surface area contributed by atoms with Crippen LogP contribution in [0.1, 0.15) is 16.1 Å². The number of benzene rings is 1. The molecule has 0 bridgehead atoms. The number of pyridine rings is 1. The summed E-state index contributed by atoms with van der Waals surface area (Å²) in [5.74, 6) is -0.0478. The first-order valence-corrected chi connectivity index (χ1v) is 7.38. The van der Waals surface area contributed by atoms with Gasteiger partial charge in [0.05, 0.1) is 18.5 Å². The van der Waals surface area contributed by atoms with E-state index in [0.717, 1.165) is 17.8 Å². The van der Waals surface area contributed by atoms with E-state index in [-0.39, 0.29) is 5.91 Å². The molecule has 22 heavy (non-hydrogen) atoms. The maximum absolute atomic E-state index is 12.6. The summed E-state index contributed by atoms with van der Waals surface area (Å²) in [4.78, 5) is 18.7. The topological polar surface area (TPSA) is 54.5 Å². The normalized spacial score (nSPS) is 13.0. The van der Waals surface area contributed by atoms with Crippen LogP contribution >= 0.6 is 0 Å². The highest BCUT2D eigenvalue weighted by Crippen LogP contribution is 2.28. The number of anilines is 2. The van der Waals surface area contributed by atoms with Crippen molar-refractivity contribution in [1.82, 2.24) is 4.98 Å². The first-order chi connectivity index (χ1) is 10.8. The monoisotopic (exact) mass is 297 g/mol. The summed E-state index contributed by atoms with van der Waals surface area (Å²) in [7, 11) is 1.66. The summed E-state index contributed by atoms with van der Waals surface area (Å²) >= 11 is 0. The number of ether oxygens (including phenoxy) is 1. The Labute approximate surface area is 129 Å². The molecule has 0 saturated heterocycles. The fourth-order valence-electron chi connectivity index (χ4n) is 2.61. The molecule has 3 rings (SSSR count). The van der Waals surface area contributed by atoms with Crippen LogP contribution in [-0.4, -0.2) is 37.7 Å². The van der Waals surface area contributed by atoms with Crippen LogP contribution in [0.3, 0.4) is 0 Å². The minimum Gasteiger partial charge on any atom is -0.383 e. The van der Waals surface area contributed by atoms with E-state index in [1.165, 1.54) is 5.56 Å². The molecule has 0 saturated carbocycles. The number of aromatic nitrogens is 1. The molecule has 1 aromatic carbocycles. The van der Waals surface area contributed by atoms with E-state index in [1.807, 2.05) is 24.3 Å². The van der Waals surface area contributed by atoms with E-state index >= 15 is 0 Å². The van der Waals surface area contributed by atoms with Gasteiger partial charge in [-0.1, -0.05) is 18.2 Å². The lowest BCUT2D eigenvalue weighted by atomic mass is 10.2. The van der Waals surface area contributed by atoms with Gasteiger partial charge in [0, 0.05) is 25.9 Å². The van der Waals surface area contributed by atoms with Crippen LogP contribution in [0.25, 0.3) is 0 Å². The summed E-state index contributed by atoms with van der Waals surface area (Å²) in [6.07, 6.45) is 2.59. The van der Waals surface area contributed by atoms with Gasteiger partial charge in [0.1, 0.15) is 5.69 Å². The van der Waals surface area contributed by atoms with Crippen molar-refractivity contribution in [2.24, 2.45) is 0 Å². The van der Waals surface area contributed by atoms with E-state index in [4.69, 9.17) is 4.74 Å². The molecule has 1 aliphatic rings. The summed E-state index contributed by atoms with van der Waals surface area (Å²) in [6, 6.07) is 11.7. The Hall–Kier alpha value is -2.40. The Balaban J connectivity index is 1.71. The highest BCUT2D eigenvalue weighted by Gasteiger charge is 2.25. The van der Waals surface area contributed by atoms with Crippen LogP contribution in [0.5, 0.6) is 0 Å². The fraction of sp³-hybridized carbons (Fsp3) is 0.294. The Bertz CT molecular complexity index is 655. The van der Waals surface area contributed by atoms with Gasteiger partial charge >= 0.3 is 0 Å². The van der Waals surface area contributed by atoms with Crippen LogP contribution in [0.2, 0.25) is 0 Å². The Morgan fingerprint density at radius 2 is 2.18 bits per heavy atom. The molecule has 2 heterocycles. The van der Waals surface area contributed by atoms with Gasteiger partial charge in [0.2, 0.25) is 0 Å². The fourth-order valence-corrected chi connectivity index (χ4v) is 2.61. The molecule has 1 aromatic heterocycles. The van der Waals surface area contributed by atoms with Gasteiger partial charge in [0.15, 0.2) is 0 Å². The van der Waals surface area contributed by atoms with Crippen molar-refractivity contribution in [3.8, 4) is 0 Å². The Morgan fingerprint density at radius 3 is 2.95 bits per heavy atom. The van der Waals surface area contributed by atoms with Gasteiger partial charge in [0.25, 0.3) is 5.91 Å². The molecule has 114 valence electrons. The number of fused-ring (bicyclic) bond motifs is 1. The van der Waals surface area contributed by atoms with Crippen molar-refractivity contribution >= 4 is 17.3 Å². The molecule has 0 aliphatic carbocycles. The number of hydrogen-bond donors (Lipinski definition) is 1. The quantitative estimate of drug-likeness (QED) is 0.861. The molecular weight excluding hydrogens is 278 g/mol. The third-order valence-electron chi connectivity index (χ3n) is 3.75. The molecule has 1 N–H and O–H groups in total. The molecular formula is C17H19N3O2. The van der Waals surface area contributed by atoms with Crippen molar-refractivity contribution in [2.75, 3.05) is 37.0 Å². The van der Waals surface area contributed by atoms with E-state index in [0.29, 0.717) is 25.4 Å². The molecule has 5 nitrogen and oxygen atoms in total. The lowest BCUT2D eigenvalue weighted by Gasteiger charge is -2.17. The average Bonchev–Trinajstić information content (AvgIpc) is 2.99. The smallest absolute Gasteiger partial charge is 0.276 e. The van der Waals surface area contributed by atoms with Gasteiger partial charge in [-0.2, -0.15) is 0 Å². The molecule has 5 heteroatoms. The standard InChI is InChI=1S/C17H19N3O2/c1-22-11-9-18-14-6-7-15(19-12-14)17(21)20-10-8-13-4-2-3-5-16(13)20/h2-7,12,18H,8-11H2,1H3. The molecule has 0 radical (unpaired) electrons. The van der Waals surface area contributed by atoms with Gasteiger partial charge in [-0.15, -0.1) is 0 Å². The van der Waals surface area contributed by atoms with Crippen molar-refractivity contribution in [3.05, 3.63) is 53.9 Å². The first kappa shape index (κ1) is 14.5. The number of nitrogens with one attached hydrogen (secondary N) is 1. The van der Waals surface area contributed by atoms with Gasteiger partial charge in [-0.25, -0.2) is 4.98 Å². The van der Waals surface area contributed by atoms with Gasteiger partial charge in [-0.05, 0) is 30.2 Å². The van der Waals surface area contributed by atoms with E-state index in [9.17, 15) is 4.79 Å². The Morgan fingerprint density at radius 1 is 1.32 bits per heavy atom. The number of methoxy groups -OCH3 is 1. The number of carbonyl (C=O) groups excluding carboxylic acids is 1. The zero-order valence-electron chi connectivity index (χ0n) is 12.6. The summed E-state index contributed by atoms with van der Waals surface area (Å²) in [5, 5.41) is 3.18. The van der Waals surface area contributed by atoms with Gasteiger partial charge in [-0.3, -0.25) is 4.79 Å². The number of rotatable bonds is 5. The van der Waals surface area contributed by atoms with Crippen molar-refractivity contribution in [3.63, 3.8) is 0 Å². The van der Waals surface area contributed by atoms with E-state index in [1.54, 1.807) is 24.3 Å². The van der Waals surface area contributed by atoms with Gasteiger partial charge < -0.3 is 15.0 Å². The zero-order valence-corrected chi connectivity index (χ0v) is 12.6. The third-order valence-corrected chi connectivity index (χ3v) is 3.75. The number of carbonyl (C=O) groups is 1. The number of para-hydroxylation sites is 1. The molecule has 0 unspecified atom stereocenters. The second-order valence-corrected chi connectivity index (χ2v) is 5.19. The van der Waals surface area contributed by atoms with Crippen LogP contribution in [0.4, 0.5) is 11.4 Å². The van der Waals surface area contributed by atoms with Crippen molar-refractivity contribution < 1.29 is 9.53 Å². The van der Waals surface area contributed by atoms with Crippen molar-refractivity contribution in [2.45, 2.75) is 6.42 Å². The molecule has 0 fully saturated rings. The largest absolute Gasteiger partial charge is 0.383 e. The first-order valence-electron chi connectivity index (χ1n) is 7.38. The number of nitrogens with zero attached hydrogens (tertiary/aromatic N) is 2. The molecule has 1 amide bonds. The summed E-state index contributed by atoms with van der Waals surface area (Å²) in [5.41, 5.74) is 3.56. The average molecular weight is 297 g/mol. The summed E-state index contributed by atoms with van der Waals surface area (Å²) < 4.78 is 4.98. The maximum Gasteiger partial charge on any atom is 0.276 e. The van der Waals surface area contributed by atoms with Crippen LogP contribution in [0.15, 0.2) is 42.6 Å². The molecule has 0 spiro atoms. The summed E-state index contributed by atoms with van der Waals surface area (Å²) in [6.45, 7) is 2.06. The van der Waals surface area contributed by atoms with Crippen LogP contribution < -0.4 is 10.2 Å². The van der Waals surface area contributed by atoms with E-state index < -0.39 is 0 Å². The Kier molecular flexibility index (Phi) is 4.34. The lowest BCUT2D eigenvalue weighted by molar-refractivity contribution is 0.0984. The minimum absolute atomic E-state index is 0.0478. The highest BCUT2D eigenvalue weighted by atomic mass is 16.5. The molecule has 0 atom stereocenters. The van der Waals surface area contributed by atoms with Crippen LogP contribution in [0, 0.1) is 0 Å². The van der Waals surface area contributed by atoms with Crippen molar-refractivity contribution in [1.29, 1.82) is 0 Å². The maximum atomic E-state index is 12.6. The highest BCUT2D eigenvalue weighted by molar-refractivity contribution is 6.06. The number of hydrogen-bond acceptors (Lipinski definition) is 4. The lowest BCUT2D eigenvalue weighted by Crippen LogP contribution is -2.29. The van der Waals surface area contributed by atoms with Crippen LogP contribution in [-0.2, 0) is 11.2 Å². The van der Waals surface area contributed by atoms with E-state index in [2.05, 4.69) is 16.4 Å². The zero-order chi connectivity index (χ0) is 15.4. The minimum atomic E-state index is -0.0478. The molecule has 2 aromatic rings. The number of amides is 1. The SMILES string of the molecule is COCCNc1ccc(C(=O)N2CCc3ccccc32)nc1. The third kappa shape index (κ3) is 2.94.